The predicted octanol–water partition coefficient (Wildman–Crippen LogP) is 2.26. The van der Waals surface area contributed by atoms with Gasteiger partial charge in [0.25, 0.3) is 10.0 Å². The number of imidazole rings is 1. The standard InChI is InChI=1S/C27H33N11O2S/c1-5-29-13-22-6-7-24(19(3)33-22)38-15-21(12-32-38)26-20(10-28)11-30-27(35-26)34-23-8-9-37(14-18(23)2)41(39,40)25-16-36(4)17-31-25/h6-7,11-12,15-18,23,29H,5,8-9,13-14H2,1-4H3,(H,30,34,35)/t18-,23+/m1/s1. The van der Waals surface area contributed by atoms with Gasteiger partial charge in [0, 0.05) is 50.7 Å². The van der Waals surface area contributed by atoms with Crippen molar-refractivity contribution in [1.82, 2.24) is 43.9 Å². The van der Waals surface area contributed by atoms with Gasteiger partial charge in [-0.05, 0) is 37.9 Å². The lowest BCUT2D eigenvalue weighted by molar-refractivity contribution is 0.260. The summed E-state index contributed by atoms with van der Waals surface area (Å²) in [7, 11) is -1.92. The number of sulfonamides is 1. The molecule has 5 heterocycles. The molecule has 0 bridgehead atoms. The van der Waals surface area contributed by atoms with E-state index in [2.05, 4.69) is 48.7 Å². The number of pyridine rings is 1. The number of hydrogen-bond acceptors (Lipinski definition) is 10. The molecule has 0 saturated carbocycles. The van der Waals surface area contributed by atoms with E-state index in [1.54, 1.807) is 22.5 Å². The minimum absolute atomic E-state index is 0.0151. The Morgan fingerprint density at radius 3 is 2.68 bits per heavy atom. The maximum Gasteiger partial charge on any atom is 0.262 e. The van der Waals surface area contributed by atoms with E-state index in [-0.39, 0.29) is 17.0 Å². The van der Waals surface area contributed by atoms with E-state index in [9.17, 15) is 13.7 Å². The fourth-order valence-corrected chi connectivity index (χ4v) is 6.41. The van der Waals surface area contributed by atoms with Gasteiger partial charge in [0.05, 0.1) is 47.1 Å². The second kappa shape index (κ2) is 11.7. The SMILES string of the molecule is CCNCc1ccc(-n2cc(-c3nc(N[C@H]4CCN(S(=O)(=O)c5cn(C)cn5)C[C@H]4C)ncc3C#N)cn2)c(C)n1. The van der Waals surface area contributed by atoms with Crippen molar-refractivity contribution in [3.8, 4) is 23.0 Å². The number of aromatic nitrogens is 7. The molecule has 4 aromatic heterocycles. The van der Waals surface area contributed by atoms with Gasteiger partial charge in [0.1, 0.15) is 6.07 Å². The summed E-state index contributed by atoms with van der Waals surface area (Å²) in [6.07, 6.45) is 8.55. The molecule has 4 aromatic rings. The van der Waals surface area contributed by atoms with E-state index in [1.165, 1.54) is 23.0 Å². The first-order valence-electron chi connectivity index (χ1n) is 13.4. The van der Waals surface area contributed by atoms with Gasteiger partial charge in [-0.3, -0.25) is 4.98 Å². The highest BCUT2D eigenvalue weighted by Gasteiger charge is 2.35. The number of piperidine rings is 1. The number of aryl methyl sites for hydroxylation is 2. The molecule has 1 fully saturated rings. The number of nitrogens with zero attached hydrogens (tertiary/aromatic N) is 9. The van der Waals surface area contributed by atoms with Crippen molar-refractivity contribution in [2.24, 2.45) is 13.0 Å². The Labute approximate surface area is 239 Å². The number of rotatable bonds is 9. The Hall–Kier alpha value is -4.19. The van der Waals surface area contributed by atoms with E-state index in [1.807, 2.05) is 32.2 Å². The van der Waals surface area contributed by atoms with E-state index < -0.39 is 10.0 Å². The summed E-state index contributed by atoms with van der Waals surface area (Å²) in [6, 6.07) is 6.06. The van der Waals surface area contributed by atoms with Gasteiger partial charge in [-0.2, -0.15) is 14.7 Å². The van der Waals surface area contributed by atoms with Gasteiger partial charge >= 0.3 is 0 Å². The normalized spacial score (nSPS) is 17.8. The number of nitriles is 1. The van der Waals surface area contributed by atoms with Gasteiger partial charge in [-0.25, -0.2) is 28.1 Å². The summed E-state index contributed by atoms with van der Waals surface area (Å²) >= 11 is 0. The molecular weight excluding hydrogens is 542 g/mol. The summed E-state index contributed by atoms with van der Waals surface area (Å²) in [4.78, 5) is 17.7. The molecule has 1 aliphatic heterocycles. The minimum Gasteiger partial charge on any atom is -0.351 e. The summed E-state index contributed by atoms with van der Waals surface area (Å²) < 4.78 is 30.9. The third-order valence-corrected chi connectivity index (χ3v) is 8.90. The molecule has 2 N–H and O–H groups in total. The molecule has 0 radical (unpaired) electrons. The molecule has 13 nitrogen and oxygen atoms in total. The Balaban J connectivity index is 1.32. The first-order chi connectivity index (χ1) is 19.7. The third-order valence-electron chi connectivity index (χ3n) is 7.15. The Morgan fingerprint density at radius 2 is 2.00 bits per heavy atom. The fraction of sp³-hybridized carbons (Fsp3) is 0.407. The highest BCUT2D eigenvalue weighted by Crippen LogP contribution is 2.27. The molecule has 0 unspecified atom stereocenters. The van der Waals surface area contributed by atoms with Crippen LogP contribution in [-0.2, 0) is 23.6 Å². The predicted molar refractivity (Wildman–Crippen MR) is 152 cm³/mol. The smallest absolute Gasteiger partial charge is 0.262 e. The van der Waals surface area contributed by atoms with Crippen molar-refractivity contribution in [3.63, 3.8) is 0 Å². The molecule has 0 aromatic carbocycles. The van der Waals surface area contributed by atoms with E-state index in [0.29, 0.717) is 48.8 Å². The van der Waals surface area contributed by atoms with Gasteiger partial charge in [0.15, 0.2) is 5.03 Å². The summed E-state index contributed by atoms with van der Waals surface area (Å²) in [5.41, 5.74) is 4.10. The van der Waals surface area contributed by atoms with Crippen LogP contribution in [0.5, 0.6) is 0 Å². The summed E-state index contributed by atoms with van der Waals surface area (Å²) in [5.74, 6) is 0.355. The molecule has 0 amide bonds. The Morgan fingerprint density at radius 1 is 1.17 bits per heavy atom. The topological polar surface area (TPSA) is 160 Å². The Bertz CT molecular complexity index is 1690. The van der Waals surface area contributed by atoms with Crippen molar-refractivity contribution in [2.75, 3.05) is 25.0 Å². The Kier molecular flexibility index (Phi) is 8.11. The maximum absolute atomic E-state index is 13.0. The zero-order valence-corrected chi connectivity index (χ0v) is 24.3. The van der Waals surface area contributed by atoms with Crippen molar-refractivity contribution in [1.29, 1.82) is 5.26 Å². The van der Waals surface area contributed by atoms with Crippen molar-refractivity contribution in [3.05, 3.63) is 60.2 Å². The van der Waals surface area contributed by atoms with Crippen molar-refractivity contribution >= 4 is 16.0 Å². The third kappa shape index (κ3) is 5.97. The van der Waals surface area contributed by atoms with Crippen LogP contribution in [0, 0.1) is 24.2 Å². The minimum atomic E-state index is -3.66. The van der Waals surface area contributed by atoms with Gasteiger partial charge in [-0.1, -0.05) is 13.8 Å². The first kappa shape index (κ1) is 28.3. The van der Waals surface area contributed by atoms with E-state index in [0.717, 1.165) is 23.6 Å². The summed E-state index contributed by atoms with van der Waals surface area (Å²) in [5, 5.41) is 20.9. The van der Waals surface area contributed by atoms with E-state index >= 15 is 0 Å². The lowest BCUT2D eigenvalue weighted by Crippen LogP contribution is -2.47. The highest BCUT2D eigenvalue weighted by atomic mass is 32.2. The van der Waals surface area contributed by atoms with Crippen LogP contribution in [0.15, 0.2) is 48.3 Å². The average molecular weight is 576 g/mol. The molecule has 41 heavy (non-hydrogen) atoms. The van der Waals surface area contributed by atoms with Crippen LogP contribution < -0.4 is 10.6 Å². The lowest BCUT2D eigenvalue weighted by atomic mass is 9.95. The van der Waals surface area contributed by atoms with Crippen LogP contribution in [0.4, 0.5) is 5.95 Å². The molecule has 214 valence electrons. The van der Waals surface area contributed by atoms with Crippen LogP contribution in [0.3, 0.4) is 0 Å². The largest absolute Gasteiger partial charge is 0.351 e. The van der Waals surface area contributed by atoms with Crippen molar-refractivity contribution in [2.45, 2.75) is 44.8 Å². The fourth-order valence-electron chi connectivity index (χ4n) is 4.89. The monoisotopic (exact) mass is 575 g/mol. The van der Waals surface area contributed by atoms with Crippen LogP contribution in [0.1, 0.15) is 37.2 Å². The lowest BCUT2D eigenvalue weighted by Gasteiger charge is -2.36. The molecular formula is C27H33N11O2S. The molecule has 1 aliphatic rings. The first-order valence-corrected chi connectivity index (χ1v) is 14.9. The van der Waals surface area contributed by atoms with Crippen LogP contribution in [-0.4, -0.2) is 72.7 Å². The van der Waals surface area contributed by atoms with Crippen LogP contribution in [0.25, 0.3) is 16.9 Å². The molecule has 2 atom stereocenters. The zero-order valence-electron chi connectivity index (χ0n) is 23.5. The molecule has 14 heteroatoms. The maximum atomic E-state index is 13.0. The van der Waals surface area contributed by atoms with Gasteiger partial charge < -0.3 is 15.2 Å². The highest BCUT2D eigenvalue weighted by molar-refractivity contribution is 7.89. The van der Waals surface area contributed by atoms with Gasteiger partial charge in [-0.15, -0.1) is 0 Å². The van der Waals surface area contributed by atoms with Crippen LogP contribution in [0.2, 0.25) is 0 Å². The number of nitrogens with one attached hydrogen (secondary N) is 2. The molecule has 1 saturated heterocycles. The number of anilines is 1. The second-order valence-corrected chi connectivity index (χ2v) is 12.1. The molecule has 0 aliphatic carbocycles. The van der Waals surface area contributed by atoms with E-state index in [4.69, 9.17) is 0 Å². The molecule has 5 rings (SSSR count). The molecule has 0 spiro atoms. The second-order valence-electron chi connectivity index (χ2n) is 10.2. The zero-order chi connectivity index (χ0) is 29.1. The number of hydrogen-bond donors (Lipinski definition) is 2. The van der Waals surface area contributed by atoms with Gasteiger partial charge in [0.2, 0.25) is 5.95 Å². The summed E-state index contributed by atoms with van der Waals surface area (Å²) in [6.45, 7) is 8.23. The average Bonchev–Trinajstić information content (AvgIpc) is 3.63. The quantitative estimate of drug-likeness (QED) is 0.303. The van der Waals surface area contributed by atoms with Crippen molar-refractivity contribution < 1.29 is 8.42 Å². The van der Waals surface area contributed by atoms with Crippen LogP contribution >= 0.6 is 0 Å².